The number of nitrogens with two attached hydrogens (primary N) is 1. The van der Waals surface area contributed by atoms with Crippen LogP contribution in [0.1, 0.15) is 30.9 Å². The van der Waals surface area contributed by atoms with E-state index >= 15 is 0 Å². The van der Waals surface area contributed by atoms with E-state index in [2.05, 4.69) is 39.0 Å². The molecule has 3 heterocycles. The summed E-state index contributed by atoms with van der Waals surface area (Å²) in [6.45, 7) is 0.601. The van der Waals surface area contributed by atoms with Gasteiger partial charge in [0.15, 0.2) is 5.82 Å². The average Bonchev–Trinajstić information content (AvgIpc) is 3.46. The van der Waals surface area contributed by atoms with Crippen LogP contribution in [-0.4, -0.2) is 31.0 Å². The van der Waals surface area contributed by atoms with Crippen LogP contribution in [0.2, 0.25) is 0 Å². The monoisotopic (exact) mass is 415 g/mol. The molecule has 2 atom stereocenters. The Kier molecular flexibility index (Phi) is 5.23. The minimum Gasteiger partial charge on any atom is -0.391 e. The fourth-order valence-electron chi connectivity index (χ4n) is 4.17. The summed E-state index contributed by atoms with van der Waals surface area (Å²) in [4.78, 5) is 9.13. The molecule has 5 N–H and O–H groups in total. The molecule has 31 heavy (non-hydrogen) atoms. The summed E-state index contributed by atoms with van der Waals surface area (Å²) in [5.41, 5.74) is 7.22. The summed E-state index contributed by atoms with van der Waals surface area (Å²) in [7, 11) is 0. The Hall–Kier alpha value is -3.49. The molecule has 0 amide bonds. The van der Waals surface area contributed by atoms with Crippen molar-refractivity contribution < 1.29 is 5.11 Å². The maximum absolute atomic E-state index is 10.2. The number of aliphatic hydroxyl groups excluding tert-OH is 1. The highest BCUT2D eigenvalue weighted by molar-refractivity contribution is 5.79. The molecule has 5 rings (SSSR count). The number of nitrogen functional groups attached to an aromatic ring is 1. The van der Waals surface area contributed by atoms with E-state index in [4.69, 9.17) is 10.8 Å². The summed E-state index contributed by atoms with van der Waals surface area (Å²) in [6, 6.07) is 14.0. The van der Waals surface area contributed by atoms with E-state index in [0.29, 0.717) is 18.1 Å². The van der Waals surface area contributed by atoms with E-state index in [-0.39, 0.29) is 12.1 Å². The number of benzene rings is 1. The highest BCUT2D eigenvalue weighted by atomic mass is 16.3. The number of aliphatic hydroxyl groups is 1. The molecule has 8 nitrogen and oxygen atoms in total. The predicted octanol–water partition coefficient (Wildman–Crippen LogP) is 3.48. The second-order valence-electron chi connectivity index (χ2n) is 7.90. The van der Waals surface area contributed by atoms with Gasteiger partial charge in [-0.15, -0.1) is 0 Å². The van der Waals surface area contributed by atoms with Gasteiger partial charge in [0.1, 0.15) is 0 Å². The highest BCUT2D eigenvalue weighted by Gasteiger charge is 2.27. The maximum atomic E-state index is 10.2. The van der Waals surface area contributed by atoms with Gasteiger partial charge >= 0.3 is 0 Å². The lowest BCUT2D eigenvalue weighted by Crippen LogP contribution is -2.18. The molecule has 4 aromatic rings. The summed E-state index contributed by atoms with van der Waals surface area (Å²) in [6.07, 6.45) is 8.01. The van der Waals surface area contributed by atoms with Crippen LogP contribution in [0.15, 0.2) is 61.1 Å². The number of fused-ring (bicyclic) bond motifs is 1. The third-order valence-corrected chi connectivity index (χ3v) is 5.86. The molecule has 1 aromatic carbocycles. The Bertz CT molecular complexity index is 1210. The summed E-state index contributed by atoms with van der Waals surface area (Å²) in [5, 5.41) is 19.1. The molecule has 1 aliphatic carbocycles. The highest BCUT2D eigenvalue weighted by Crippen LogP contribution is 2.31. The number of hydrazine groups is 1. The van der Waals surface area contributed by atoms with E-state index in [1.807, 2.05) is 35.1 Å². The lowest BCUT2D eigenvalue weighted by Gasteiger charge is -2.14. The first kappa shape index (κ1) is 19.5. The van der Waals surface area contributed by atoms with Gasteiger partial charge in [0, 0.05) is 29.9 Å². The van der Waals surface area contributed by atoms with Gasteiger partial charge in [-0.1, -0.05) is 12.1 Å². The van der Waals surface area contributed by atoms with Gasteiger partial charge < -0.3 is 15.8 Å². The van der Waals surface area contributed by atoms with Crippen molar-refractivity contribution in [3.8, 4) is 11.3 Å². The Morgan fingerprint density at radius 2 is 2.10 bits per heavy atom. The van der Waals surface area contributed by atoms with Crippen LogP contribution in [0.5, 0.6) is 0 Å². The van der Waals surface area contributed by atoms with Gasteiger partial charge in [-0.25, -0.2) is 4.98 Å². The van der Waals surface area contributed by atoms with Crippen molar-refractivity contribution in [1.29, 1.82) is 0 Å². The number of rotatable bonds is 6. The zero-order valence-electron chi connectivity index (χ0n) is 17.1. The van der Waals surface area contributed by atoms with E-state index < -0.39 is 0 Å². The Balaban J connectivity index is 1.37. The normalized spacial score (nSPS) is 18.4. The van der Waals surface area contributed by atoms with Crippen molar-refractivity contribution in [3.05, 3.63) is 66.6 Å². The summed E-state index contributed by atoms with van der Waals surface area (Å²) in [5.74, 6) is 6.37. The Morgan fingerprint density at radius 3 is 2.94 bits per heavy atom. The van der Waals surface area contributed by atoms with Gasteiger partial charge in [-0.05, 0) is 55.2 Å². The molecule has 1 aliphatic rings. The number of pyridine rings is 2. The maximum Gasteiger partial charge on any atom is 0.151 e. The smallest absolute Gasteiger partial charge is 0.151 e. The second-order valence-corrected chi connectivity index (χ2v) is 7.90. The number of anilines is 2. The molecular weight excluding hydrogens is 390 g/mol. The zero-order chi connectivity index (χ0) is 21.2. The number of hydrogen-bond acceptors (Lipinski definition) is 7. The molecule has 0 bridgehead atoms. The summed E-state index contributed by atoms with van der Waals surface area (Å²) < 4.78 is 1.86. The molecule has 0 radical (unpaired) electrons. The van der Waals surface area contributed by atoms with E-state index in [9.17, 15) is 5.11 Å². The zero-order valence-corrected chi connectivity index (χ0v) is 17.1. The number of aromatic nitrogens is 4. The fourth-order valence-corrected chi connectivity index (χ4v) is 4.17. The fraction of sp³-hybridized carbons (Fsp3) is 0.261. The SMILES string of the molecule is NNc1ccc(-c2cnn(C3CCCC3O)c2)nc1NCc1ccc2ncccc2c1. The van der Waals surface area contributed by atoms with Crippen molar-refractivity contribution in [3.63, 3.8) is 0 Å². The standard InChI is InChI=1S/C23H25N7O/c24-29-20-9-8-19(17-13-27-30(14-17)21-4-1-5-22(21)31)28-23(20)26-12-15-6-7-18-16(11-15)3-2-10-25-18/h2-3,6-11,13-14,21-22,29,31H,1,4-5,12,24H2,(H,26,28). The average molecular weight is 416 g/mol. The molecule has 8 heteroatoms. The quantitative estimate of drug-likeness (QED) is 0.282. The minimum atomic E-state index is -0.334. The van der Waals surface area contributed by atoms with Crippen LogP contribution in [0.3, 0.4) is 0 Å². The van der Waals surface area contributed by atoms with Gasteiger partial charge in [0.05, 0.1) is 35.2 Å². The topological polar surface area (TPSA) is 114 Å². The molecule has 0 spiro atoms. The molecule has 3 aromatic heterocycles. The number of nitrogens with one attached hydrogen (secondary N) is 2. The van der Waals surface area contributed by atoms with Crippen LogP contribution < -0.4 is 16.6 Å². The minimum absolute atomic E-state index is 0.0405. The van der Waals surface area contributed by atoms with Gasteiger partial charge in [0.2, 0.25) is 0 Å². The van der Waals surface area contributed by atoms with Crippen LogP contribution in [0, 0.1) is 0 Å². The predicted molar refractivity (Wildman–Crippen MR) is 121 cm³/mol. The van der Waals surface area contributed by atoms with Crippen molar-refractivity contribution in [2.75, 3.05) is 10.7 Å². The van der Waals surface area contributed by atoms with Crippen molar-refractivity contribution in [2.24, 2.45) is 5.84 Å². The van der Waals surface area contributed by atoms with Crippen LogP contribution >= 0.6 is 0 Å². The van der Waals surface area contributed by atoms with E-state index in [0.717, 1.165) is 47.0 Å². The summed E-state index contributed by atoms with van der Waals surface area (Å²) >= 11 is 0. The molecule has 0 saturated heterocycles. The van der Waals surface area contributed by atoms with Gasteiger partial charge in [-0.2, -0.15) is 5.10 Å². The number of nitrogens with zero attached hydrogens (tertiary/aromatic N) is 4. The first-order valence-electron chi connectivity index (χ1n) is 10.5. The molecule has 158 valence electrons. The van der Waals surface area contributed by atoms with Crippen LogP contribution in [0.4, 0.5) is 11.5 Å². The second kappa shape index (κ2) is 8.33. The van der Waals surface area contributed by atoms with Crippen molar-refractivity contribution >= 4 is 22.4 Å². The van der Waals surface area contributed by atoms with Crippen LogP contribution in [-0.2, 0) is 6.54 Å². The van der Waals surface area contributed by atoms with Gasteiger partial charge in [-0.3, -0.25) is 15.5 Å². The Labute approximate surface area is 180 Å². The lowest BCUT2D eigenvalue weighted by molar-refractivity contribution is 0.130. The van der Waals surface area contributed by atoms with E-state index in [1.54, 1.807) is 12.4 Å². The number of hydrogen-bond donors (Lipinski definition) is 4. The third kappa shape index (κ3) is 3.95. The van der Waals surface area contributed by atoms with Crippen LogP contribution in [0.25, 0.3) is 22.2 Å². The lowest BCUT2D eigenvalue weighted by atomic mass is 10.1. The molecule has 0 aliphatic heterocycles. The van der Waals surface area contributed by atoms with E-state index in [1.165, 1.54) is 0 Å². The molecular formula is C23H25N7O. The van der Waals surface area contributed by atoms with Crippen molar-refractivity contribution in [2.45, 2.75) is 38.0 Å². The third-order valence-electron chi connectivity index (χ3n) is 5.86. The Morgan fingerprint density at radius 1 is 1.16 bits per heavy atom. The van der Waals surface area contributed by atoms with Gasteiger partial charge in [0.25, 0.3) is 0 Å². The first-order chi connectivity index (χ1) is 15.2. The molecule has 1 saturated carbocycles. The van der Waals surface area contributed by atoms with Crippen molar-refractivity contribution in [1.82, 2.24) is 19.7 Å². The largest absolute Gasteiger partial charge is 0.391 e. The first-order valence-corrected chi connectivity index (χ1v) is 10.5. The molecule has 1 fully saturated rings. The molecule has 2 unspecified atom stereocenters.